The van der Waals surface area contributed by atoms with Crippen molar-refractivity contribution in [3.63, 3.8) is 0 Å². The van der Waals surface area contributed by atoms with Crippen molar-refractivity contribution in [2.45, 2.75) is 346 Å². The van der Waals surface area contributed by atoms with Crippen LogP contribution < -0.4 is 148 Å². The van der Waals surface area contributed by atoms with E-state index in [0.29, 0.717) is 25.7 Å². The number of ketones is 1. The minimum Gasteiger partial charge on any atom is -0.790 e. The standard InChI is InChI=1S/C66H124N2O19P2.4Na/c1-6-10-14-18-21-24-25-26-27-28-29-31-33-37-41-45-57(71)67-60-64(82-48-46-53(50-69)43-39-35-17-13-9-4)62(86-88(74,75)76)56(51-80-5)85-65(60)83-52-55-61(73)63(81-47-42-38-34-23-20-16-12-8-3)59(66(84-55)87-89(77,78)79)68-58(72)49-54(70)44-40-36-32-30-22-19-15-11-7-2;;;;/h24-25,50,53,55-56,59-66,73H,6-23,26-49,51-52H2,1-5H3,(H,67,71)(H,68,72)(H2,74,75,76)(H2,77,78,79);;;;/q;4*+1/p-4/b25-24-;;;;/t53-,55-,56-,59-,60-,61-,62-,63-,64-,65-,66-;;;;/m1..../s1. The van der Waals surface area contributed by atoms with Crippen molar-refractivity contribution in [2.24, 2.45) is 5.92 Å². The molecule has 0 saturated carbocycles. The average molecular weight is 1400 g/mol. The number of phosphoric ester groups is 2. The van der Waals surface area contributed by atoms with E-state index in [1.165, 1.54) is 58.5 Å². The van der Waals surface area contributed by atoms with E-state index in [4.69, 9.17) is 37.5 Å². The largest absolute Gasteiger partial charge is 1.00 e. The Morgan fingerprint density at radius 2 is 0.914 bits per heavy atom. The molecule has 2 aliphatic heterocycles. The van der Waals surface area contributed by atoms with E-state index in [2.05, 4.69) is 50.5 Å². The smallest absolute Gasteiger partial charge is 0.790 e. The number of amides is 2. The van der Waals surface area contributed by atoms with E-state index >= 15 is 0 Å². The fourth-order valence-corrected chi connectivity index (χ4v) is 12.6. The summed E-state index contributed by atoms with van der Waals surface area (Å²) in [7, 11) is -10.4. The van der Waals surface area contributed by atoms with E-state index in [9.17, 15) is 53.0 Å². The molecule has 2 rings (SSSR count). The minimum atomic E-state index is -5.92. The van der Waals surface area contributed by atoms with Gasteiger partial charge in [-0.1, -0.05) is 220 Å². The molecule has 0 bridgehead atoms. The summed E-state index contributed by atoms with van der Waals surface area (Å²) in [5.41, 5.74) is 0. The number of unbranched alkanes of at least 4 members (excludes halogenated alkanes) is 30. The normalized spacial score (nSPS) is 21.8. The fraction of sp³-hybridized carbons (Fsp3) is 0.909. The summed E-state index contributed by atoms with van der Waals surface area (Å²) in [6.07, 6.45) is 27.9. The fourth-order valence-electron chi connectivity index (χ4n) is 11.6. The van der Waals surface area contributed by atoms with Crippen LogP contribution in [-0.2, 0) is 65.8 Å². The van der Waals surface area contributed by atoms with Gasteiger partial charge in [-0.15, -0.1) is 0 Å². The third-order valence-electron chi connectivity index (χ3n) is 16.8. The molecular weight excluding hydrogens is 1280 g/mol. The Morgan fingerprint density at radius 1 is 0.484 bits per heavy atom. The first-order valence-corrected chi connectivity index (χ1v) is 37.8. The number of aldehydes is 1. The number of aliphatic hydroxyl groups is 1. The molecule has 0 aliphatic carbocycles. The van der Waals surface area contributed by atoms with E-state index in [-0.39, 0.29) is 163 Å². The van der Waals surface area contributed by atoms with Crippen molar-refractivity contribution >= 4 is 39.5 Å². The Kier molecular flexibility index (Phi) is 67.8. The zero-order chi connectivity index (χ0) is 65.4. The van der Waals surface area contributed by atoms with Crippen LogP contribution in [0.3, 0.4) is 0 Å². The Morgan fingerprint density at radius 3 is 1.42 bits per heavy atom. The molecule has 11 atom stereocenters. The summed E-state index contributed by atoms with van der Waals surface area (Å²) in [6, 6.07) is -3.07. The van der Waals surface area contributed by atoms with Crippen LogP contribution in [0.15, 0.2) is 12.2 Å². The van der Waals surface area contributed by atoms with Crippen molar-refractivity contribution < 1.29 is 209 Å². The SMILES string of the molecule is CCCCCC/C=C\CCCCCCCCCC(=O)N[C@H]1[C@H](OC[C@H]2O[C@H](OP(=O)([O-])[O-])[C@H](NC(=O)CC(=O)CCCCCCCCCCC)[C@@H](OCCCCCCCCCC)[C@@H]2O)O[C@H](COC)[C@@H](OP(=O)([O-])[O-])[C@@H]1OCC[C@H](C=O)CCCCCCC.[Na+].[Na+].[Na+].[Na+]. The number of carbonyl (C=O) groups excluding carboxylic acids is 4. The number of hydrogen-bond acceptors (Lipinski definition) is 19. The number of nitrogens with one attached hydrogen (secondary N) is 2. The Balaban J connectivity index is -0.0000202. The van der Waals surface area contributed by atoms with Gasteiger partial charge in [0.15, 0.2) is 12.6 Å². The third-order valence-corrected chi connectivity index (χ3v) is 17.7. The summed E-state index contributed by atoms with van der Waals surface area (Å²) in [5, 5.41) is 17.7. The molecule has 0 aromatic rings. The number of aliphatic hydroxyl groups excluding tert-OH is 1. The number of Topliss-reactive ketones (excluding diaryl/α,β-unsaturated/α-hetero) is 1. The van der Waals surface area contributed by atoms with Gasteiger partial charge in [0.1, 0.15) is 60.8 Å². The van der Waals surface area contributed by atoms with Gasteiger partial charge in [-0.3, -0.25) is 14.4 Å². The number of carbonyl (C=O) groups is 4. The molecule has 27 heteroatoms. The summed E-state index contributed by atoms with van der Waals surface area (Å²) < 4.78 is 71.8. The van der Waals surface area contributed by atoms with Gasteiger partial charge in [0, 0.05) is 39.1 Å². The first-order valence-electron chi connectivity index (χ1n) is 34.9. The van der Waals surface area contributed by atoms with E-state index in [1.807, 2.05) is 0 Å². The predicted molar refractivity (Wildman–Crippen MR) is 337 cm³/mol. The van der Waals surface area contributed by atoms with Crippen LogP contribution in [0.4, 0.5) is 0 Å². The molecule has 2 heterocycles. The van der Waals surface area contributed by atoms with Gasteiger partial charge in [0.2, 0.25) is 11.8 Å². The second-order valence-electron chi connectivity index (χ2n) is 24.8. The maximum Gasteiger partial charge on any atom is 1.00 e. The Bertz CT molecular complexity index is 1950. The Hall–Kier alpha value is 1.96. The molecule has 2 aliphatic rings. The maximum atomic E-state index is 14.1. The molecule has 0 radical (unpaired) electrons. The molecule has 0 aromatic heterocycles. The van der Waals surface area contributed by atoms with E-state index < -0.39 is 108 Å². The molecular formula is C66H120N2Na4O19P2. The van der Waals surface area contributed by atoms with Crippen LogP contribution in [0.2, 0.25) is 0 Å². The minimum absolute atomic E-state index is 0. The van der Waals surface area contributed by atoms with Gasteiger partial charge in [-0.05, 0) is 57.8 Å². The number of hydrogen-bond donors (Lipinski definition) is 3. The molecule has 0 aromatic carbocycles. The molecule has 2 saturated heterocycles. The van der Waals surface area contributed by atoms with Crippen molar-refractivity contribution in [3.8, 4) is 0 Å². The van der Waals surface area contributed by atoms with Crippen molar-refractivity contribution in [1.29, 1.82) is 0 Å². The van der Waals surface area contributed by atoms with Gasteiger partial charge < -0.3 is 86.7 Å². The summed E-state index contributed by atoms with van der Waals surface area (Å²) >= 11 is 0. The van der Waals surface area contributed by atoms with Crippen LogP contribution in [-0.4, -0.2) is 124 Å². The van der Waals surface area contributed by atoms with Crippen molar-refractivity contribution in [2.75, 3.05) is 33.5 Å². The molecule has 0 spiro atoms. The van der Waals surface area contributed by atoms with Gasteiger partial charge in [-0.2, -0.15) is 0 Å². The van der Waals surface area contributed by atoms with Gasteiger partial charge in [-0.25, -0.2) is 0 Å². The average Bonchev–Trinajstić information content (AvgIpc) is 0.830. The van der Waals surface area contributed by atoms with Crippen LogP contribution in [0.5, 0.6) is 0 Å². The molecule has 21 nitrogen and oxygen atoms in total. The van der Waals surface area contributed by atoms with E-state index in [1.54, 1.807) is 0 Å². The topological polar surface area (TPSA) is 313 Å². The molecule has 93 heavy (non-hydrogen) atoms. The van der Waals surface area contributed by atoms with Gasteiger partial charge in [0.05, 0.1) is 35.3 Å². The predicted octanol–water partition coefficient (Wildman–Crippen LogP) is -1.10. The van der Waals surface area contributed by atoms with Crippen LogP contribution >= 0.6 is 15.6 Å². The Labute approximate surface area is 649 Å². The van der Waals surface area contributed by atoms with Gasteiger partial charge >= 0.3 is 118 Å². The number of ether oxygens (including phenoxy) is 6. The summed E-state index contributed by atoms with van der Waals surface area (Å²) in [4.78, 5) is 103. The second-order valence-corrected chi connectivity index (χ2v) is 27.0. The third kappa shape index (κ3) is 50.1. The van der Waals surface area contributed by atoms with E-state index in [0.717, 1.165) is 160 Å². The molecule has 0 unspecified atom stereocenters. The first-order chi connectivity index (χ1) is 42.9. The number of methoxy groups -OCH3 is 1. The van der Waals surface area contributed by atoms with Crippen molar-refractivity contribution in [3.05, 3.63) is 12.2 Å². The zero-order valence-electron chi connectivity index (χ0n) is 59.4. The summed E-state index contributed by atoms with van der Waals surface area (Å²) in [6.45, 7) is 7.42. The van der Waals surface area contributed by atoms with Crippen LogP contribution in [0, 0.1) is 5.92 Å². The van der Waals surface area contributed by atoms with Gasteiger partial charge in [0.25, 0.3) is 0 Å². The molecule has 3 N–H and O–H groups in total. The quantitative estimate of drug-likeness (QED) is 0.0163. The monoisotopic (exact) mass is 1400 g/mol. The zero-order valence-corrected chi connectivity index (χ0v) is 69.2. The van der Waals surface area contributed by atoms with Crippen LogP contribution in [0.25, 0.3) is 0 Å². The van der Waals surface area contributed by atoms with Crippen LogP contribution in [0.1, 0.15) is 285 Å². The molecule has 2 amide bonds. The first kappa shape index (κ1) is 99.1. The molecule has 2 fully saturated rings. The van der Waals surface area contributed by atoms with Crippen molar-refractivity contribution in [1.82, 2.24) is 10.6 Å². The summed E-state index contributed by atoms with van der Waals surface area (Å²) in [5.74, 6) is -2.13. The maximum absolute atomic E-state index is 14.1. The second kappa shape index (κ2) is 63.6. The number of rotatable bonds is 59. The number of phosphoric acid groups is 2. The number of allylic oxidation sites excluding steroid dienone is 2. The molecule has 522 valence electrons.